The molecule has 0 unspecified atom stereocenters. The second-order valence-corrected chi connectivity index (χ2v) is 8.52. The molecule has 1 aliphatic rings. The Bertz CT molecular complexity index is 998. The van der Waals surface area contributed by atoms with E-state index in [0.29, 0.717) is 34.0 Å². The molecule has 0 bridgehead atoms. The minimum Gasteiger partial charge on any atom is -0.481 e. The molecule has 9 heteroatoms. The summed E-state index contributed by atoms with van der Waals surface area (Å²) in [6.45, 7) is 1.88. The van der Waals surface area contributed by atoms with E-state index in [-0.39, 0.29) is 0 Å². The van der Waals surface area contributed by atoms with Crippen molar-refractivity contribution in [2.75, 3.05) is 0 Å². The smallest absolute Gasteiger partial charge is 0.306 e. The van der Waals surface area contributed by atoms with Crippen molar-refractivity contribution < 1.29 is 24.2 Å². The van der Waals surface area contributed by atoms with Crippen LogP contribution in [0.4, 0.5) is 0 Å². The molecule has 0 spiro atoms. The molecule has 1 heterocycles. The first kappa shape index (κ1) is 24.0. The summed E-state index contributed by atoms with van der Waals surface area (Å²) in [4.78, 5) is 38.7. The van der Waals surface area contributed by atoms with E-state index in [1.165, 1.54) is 4.90 Å². The second kappa shape index (κ2) is 10.3. The van der Waals surface area contributed by atoms with Crippen LogP contribution in [0.2, 0.25) is 10.0 Å². The molecule has 0 aliphatic carbocycles. The lowest BCUT2D eigenvalue weighted by atomic mass is 9.89. The Labute approximate surface area is 196 Å². The van der Waals surface area contributed by atoms with E-state index in [4.69, 9.17) is 33.7 Å². The van der Waals surface area contributed by atoms with Gasteiger partial charge in [-0.3, -0.25) is 14.4 Å². The number of ether oxygens (including phenoxy) is 1. The SMILES string of the molecule is CCC[C@H](C(N)=O)N1C(=O)[C@@H](CC(=O)O)O[C@H](c2cccc(Cl)c2)[C@H]1c1ccc(Cl)cc1. The number of hydrogen-bond acceptors (Lipinski definition) is 4. The van der Waals surface area contributed by atoms with E-state index in [9.17, 15) is 19.5 Å². The molecular formula is C23H24Cl2N2O5. The average molecular weight is 479 g/mol. The summed E-state index contributed by atoms with van der Waals surface area (Å²) < 4.78 is 6.07. The van der Waals surface area contributed by atoms with Gasteiger partial charge < -0.3 is 20.5 Å². The monoisotopic (exact) mass is 478 g/mol. The van der Waals surface area contributed by atoms with Gasteiger partial charge in [-0.05, 0) is 41.8 Å². The topological polar surface area (TPSA) is 110 Å². The zero-order chi connectivity index (χ0) is 23.4. The number of benzene rings is 2. The fraction of sp³-hybridized carbons (Fsp3) is 0.348. The van der Waals surface area contributed by atoms with Gasteiger partial charge in [0.1, 0.15) is 18.2 Å². The molecule has 7 nitrogen and oxygen atoms in total. The van der Waals surface area contributed by atoms with Gasteiger partial charge in [0.05, 0.1) is 12.5 Å². The van der Waals surface area contributed by atoms with Crippen LogP contribution in [0, 0.1) is 0 Å². The van der Waals surface area contributed by atoms with Gasteiger partial charge in [-0.15, -0.1) is 0 Å². The Hall–Kier alpha value is -2.61. The molecule has 2 aromatic rings. The van der Waals surface area contributed by atoms with Crippen LogP contribution in [-0.2, 0) is 19.1 Å². The summed E-state index contributed by atoms with van der Waals surface area (Å²) in [6, 6.07) is 12.1. The van der Waals surface area contributed by atoms with Crippen molar-refractivity contribution in [1.82, 2.24) is 4.90 Å². The summed E-state index contributed by atoms with van der Waals surface area (Å²) in [5, 5.41) is 10.3. The molecule has 3 rings (SSSR count). The van der Waals surface area contributed by atoms with E-state index < -0.39 is 48.5 Å². The number of nitrogens with two attached hydrogens (primary N) is 1. The Morgan fingerprint density at radius 2 is 1.81 bits per heavy atom. The third kappa shape index (κ3) is 5.23. The van der Waals surface area contributed by atoms with Crippen molar-refractivity contribution in [2.45, 2.75) is 50.5 Å². The Morgan fingerprint density at radius 1 is 1.12 bits per heavy atom. The first-order valence-electron chi connectivity index (χ1n) is 10.2. The van der Waals surface area contributed by atoms with Gasteiger partial charge in [0.15, 0.2) is 0 Å². The lowest BCUT2D eigenvalue weighted by Gasteiger charge is -2.47. The number of nitrogens with zero attached hydrogens (tertiary/aromatic N) is 1. The number of carbonyl (C=O) groups excluding carboxylic acids is 2. The molecule has 1 saturated heterocycles. The van der Waals surface area contributed by atoms with E-state index in [0.717, 1.165) is 0 Å². The van der Waals surface area contributed by atoms with E-state index in [1.54, 1.807) is 48.5 Å². The summed E-state index contributed by atoms with van der Waals surface area (Å²) in [5.41, 5.74) is 7.02. The van der Waals surface area contributed by atoms with Gasteiger partial charge in [-0.25, -0.2) is 0 Å². The highest BCUT2D eigenvalue weighted by atomic mass is 35.5. The normalized spacial score (nSPS) is 21.9. The molecule has 2 aromatic carbocycles. The number of aliphatic carboxylic acids is 1. The fourth-order valence-corrected chi connectivity index (χ4v) is 4.36. The highest BCUT2D eigenvalue weighted by molar-refractivity contribution is 6.30. The van der Waals surface area contributed by atoms with Gasteiger partial charge >= 0.3 is 5.97 Å². The van der Waals surface area contributed by atoms with E-state index in [2.05, 4.69) is 0 Å². The number of amides is 2. The van der Waals surface area contributed by atoms with Crippen molar-refractivity contribution in [3.8, 4) is 0 Å². The van der Waals surface area contributed by atoms with Crippen LogP contribution < -0.4 is 5.73 Å². The number of morpholine rings is 1. The predicted octanol–water partition coefficient (Wildman–Crippen LogP) is 4.13. The number of carboxylic acid groups (broad SMARTS) is 1. The minimum absolute atomic E-state index is 0.327. The van der Waals surface area contributed by atoms with Crippen molar-refractivity contribution in [3.63, 3.8) is 0 Å². The first-order chi connectivity index (χ1) is 15.2. The van der Waals surface area contributed by atoms with Crippen LogP contribution in [0.15, 0.2) is 48.5 Å². The third-order valence-corrected chi connectivity index (χ3v) is 5.89. The molecule has 3 N–H and O–H groups in total. The number of carbonyl (C=O) groups is 3. The molecule has 0 aromatic heterocycles. The Morgan fingerprint density at radius 3 is 2.38 bits per heavy atom. The van der Waals surface area contributed by atoms with Crippen molar-refractivity contribution >= 4 is 41.0 Å². The maximum atomic E-state index is 13.5. The number of carboxylic acids is 1. The summed E-state index contributed by atoms with van der Waals surface area (Å²) in [5.74, 6) is -2.45. The van der Waals surface area contributed by atoms with Gasteiger partial charge in [-0.2, -0.15) is 0 Å². The zero-order valence-corrected chi connectivity index (χ0v) is 18.9. The van der Waals surface area contributed by atoms with Gasteiger partial charge in [-0.1, -0.05) is 60.8 Å². The molecule has 32 heavy (non-hydrogen) atoms. The number of hydrogen-bond donors (Lipinski definition) is 2. The van der Waals surface area contributed by atoms with Crippen LogP contribution >= 0.6 is 23.2 Å². The number of primary amides is 1. The molecule has 2 amide bonds. The zero-order valence-electron chi connectivity index (χ0n) is 17.4. The molecule has 0 saturated carbocycles. The van der Waals surface area contributed by atoms with Gasteiger partial charge in [0, 0.05) is 10.0 Å². The quantitative estimate of drug-likeness (QED) is 0.592. The van der Waals surface area contributed by atoms with Gasteiger partial charge in [0.25, 0.3) is 5.91 Å². The lowest BCUT2D eigenvalue weighted by Crippen LogP contribution is -2.58. The third-order valence-electron chi connectivity index (χ3n) is 5.40. The van der Waals surface area contributed by atoms with Crippen molar-refractivity contribution in [3.05, 3.63) is 69.7 Å². The second-order valence-electron chi connectivity index (χ2n) is 7.65. The summed E-state index contributed by atoms with van der Waals surface area (Å²) in [6.07, 6.45) is -1.68. The molecular weight excluding hydrogens is 455 g/mol. The fourth-order valence-electron chi connectivity index (χ4n) is 4.03. The van der Waals surface area contributed by atoms with Crippen LogP contribution in [0.3, 0.4) is 0 Å². The van der Waals surface area contributed by atoms with Crippen LogP contribution in [0.5, 0.6) is 0 Å². The van der Waals surface area contributed by atoms with Crippen LogP contribution in [0.25, 0.3) is 0 Å². The standard InChI is InChI=1S/C23H24Cl2N2O5/c1-2-4-17(22(26)30)27-20(13-7-9-15(24)10-8-13)21(14-5-3-6-16(25)11-14)32-18(23(27)31)12-19(28)29/h3,5-11,17-18,20-21H,2,4,12H2,1H3,(H2,26,30)(H,28,29)/t17-,18-,20-,21-/m1/s1. The lowest BCUT2D eigenvalue weighted by molar-refractivity contribution is -0.184. The number of rotatable bonds is 8. The van der Waals surface area contributed by atoms with Crippen molar-refractivity contribution in [2.24, 2.45) is 5.73 Å². The van der Waals surface area contributed by atoms with Gasteiger partial charge in [0.2, 0.25) is 5.91 Å². The van der Waals surface area contributed by atoms with Crippen molar-refractivity contribution in [1.29, 1.82) is 0 Å². The van der Waals surface area contributed by atoms with Crippen LogP contribution in [-0.4, -0.2) is 39.9 Å². The van der Waals surface area contributed by atoms with E-state index in [1.807, 2.05) is 6.92 Å². The minimum atomic E-state index is -1.28. The molecule has 170 valence electrons. The maximum absolute atomic E-state index is 13.5. The largest absolute Gasteiger partial charge is 0.481 e. The first-order valence-corrected chi connectivity index (χ1v) is 11.0. The molecule has 0 radical (unpaired) electrons. The highest BCUT2D eigenvalue weighted by Gasteiger charge is 2.48. The molecule has 1 aliphatic heterocycles. The average Bonchev–Trinajstić information content (AvgIpc) is 2.73. The van der Waals surface area contributed by atoms with Crippen LogP contribution in [0.1, 0.15) is 49.5 Å². The Balaban J connectivity index is 2.20. The summed E-state index contributed by atoms with van der Waals surface area (Å²) >= 11 is 12.3. The predicted molar refractivity (Wildman–Crippen MR) is 120 cm³/mol. The number of halogens is 2. The highest BCUT2D eigenvalue weighted by Crippen LogP contribution is 2.44. The summed E-state index contributed by atoms with van der Waals surface area (Å²) in [7, 11) is 0. The maximum Gasteiger partial charge on any atom is 0.306 e. The molecule has 1 fully saturated rings. The molecule has 4 atom stereocenters. The Kier molecular flexibility index (Phi) is 7.77. The van der Waals surface area contributed by atoms with E-state index >= 15 is 0 Å².